The van der Waals surface area contributed by atoms with Crippen LogP contribution in [0.4, 0.5) is 8.78 Å². The van der Waals surface area contributed by atoms with Gasteiger partial charge in [0.2, 0.25) is 0 Å². The van der Waals surface area contributed by atoms with E-state index in [9.17, 15) is 23.5 Å². The Bertz CT molecular complexity index is 1250. The number of carbonyl (C=O) groups is 2. The Labute approximate surface area is 229 Å². The van der Waals surface area contributed by atoms with E-state index in [0.29, 0.717) is 17.7 Å². The van der Waals surface area contributed by atoms with E-state index in [1.54, 1.807) is 33.2 Å². The first-order valence-corrected chi connectivity index (χ1v) is 12.8. The molecule has 0 radical (unpaired) electrons. The predicted molar refractivity (Wildman–Crippen MR) is 147 cm³/mol. The third kappa shape index (κ3) is 8.58. The van der Waals surface area contributed by atoms with E-state index in [1.165, 1.54) is 15.9 Å². The van der Waals surface area contributed by atoms with Crippen molar-refractivity contribution in [3.63, 3.8) is 0 Å². The lowest BCUT2D eigenvalue weighted by Gasteiger charge is -2.26. The topological polar surface area (TPSA) is 72.9 Å². The fourth-order valence-corrected chi connectivity index (χ4v) is 4.57. The van der Waals surface area contributed by atoms with Gasteiger partial charge in [-0.2, -0.15) is 0 Å². The Balaban J connectivity index is 1.81. The average molecular weight is 621 g/mol. The van der Waals surface area contributed by atoms with Crippen molar-refractivity contribution in [2.45, 2.75) is 26.1 Å². The first-order chi connectivity index (χ1) is 17.5. The van der Waals surface area contributed by atoms with Crippen LogP contribution in [-0.2, 0) is 13.1 Å². The van der Waals surface area contributed by atoms with E-state index in [-0.39, 0.29) is 36.7 Å². The Morgan fingerprint density at radius 3 is 2.22 bits per heavy atom. The lowest BCUT2D eigenvalue weighted by molar-refractivity contribution is 0.0603. The molecule has 1 atom stereocenters. The van der Waals surface area contributed by atoms with Gasteiger partial charge in [-0.15, -0.1) is 0 Å². The van der Waals surface area contributed by atoms with Gasteiger partial charge in [-0.25, -0.2) is 8.78 Å². The van der Waals surface area contributed by atoms with E-state index in [2.05, 4.69) is 27.9 Å². The first-order valence-electron chi connectivity index (χ1n) is 11.7. The highest BCUT2D eigenvalue weighted by Gasteiger charge is 2.22. The third-order valence-electron chi connectivity index (χ3n) is 5.59. The first kappa shape index (κ1) is 28.7. The van der Waals surface area contributed by atoms with Gasteiger partial charge in [-0.1, -0.05) is 12.1 Å². The van der Waals surface area contributed by atoms with E-state index in [1.807, 2.05) is 24.3 Å². The second-order valence-electron chi connectivity index (χ2n) is 9.17. The lowest BCUT2D eigenvalue weighted by atomic mass is 10.0. The molecule has 2 N–H and O–H groups in total. The Morgan fingerprint density at radius 2 is 1.59 bits per heavy atom. The van der Waals surface area contributed by atoms with Crippen molar-refractivity contribution in [1.82, 2.24) is 15.1 Å². The van der Waals surface area contributed by atoms with Gasteiger partial charge in [0, 0.05) is 61.0 Å². The monoisotopic (exact) mass is 621 g/mol. The van der Waals surface area contributed by atoms with Gasteiger partial charge in [0.15, 0.2) is 0 Å². The number of benzene rings is 3. The largest absolute Gasteiger partial charge is 0.390 e. The minimum atomic E-state index is -0.946. The molecule has 0 heterocycles. The van der Waals surface area contributed by atoms with Crippen LogP contribution >= 0.6 is 22.6 Å². The molecular formula is C28H30F2IN3O3. The molecule has 37 heavy (non-hydrogen) atoms. The van der Waals surface area contributed by atoms with E-state index >= 15 is 0 Å². The van der Waals surface area contributed by atoms with Gasteiger partial charge >= 0.3 is 0 Å². The molecule has 2 amide bonds. The maximum absolute atomic E-state index is 13.8. The fourth-order valence-electron chi connectivity index (χ4n) is 3.96. The molecule has 3 rings (SSSR count). The van der Waals surface area contributed by atoms with Crippen LogP contribution in [0, 0.1) is 22.1 Å². The number of aliphatic hydroxyl groups excluding tert-OH is 1. The number of halogens is 3. The zero-order valence-corrected chi connectivity index (χ0v) is 23.1. The van der Waals surface area contributed by atoms with Crippen LogP contribution in [0.25, 0.3) is 0 Å². The number of hydrogen-bond donors (Lipinski definition) is 2. The van der Waals surface area contributed by atoms with Crippen molar-refractivity contribution in [2.24, 2.45) is 0 Å². The lowest BCUT2D eigenvalue weighted by Crippen LogP contribution is -2.41. The fraction of sp³-hybridized carbons (Fsp3) is 0.286. The van der Waals surface area contributed by atoms with Crippen LogP contribution in [-0.4, -0.2) is 60.0 Å². The Hall–Kier alpha value is -2.89. The molecule has 0 fully saturated rings. The Kier molecular flexibility index (Phi) is 10.1. The summed E-state index contributed by atoms with van der Waals surface area (Å²) in [6.07, 6.45) is -0.946. The number of aliphatic hydroxyl groups is 1. The molecule has 0 bridgehead atoms. The van der Waals surface area contributed by atoms with E-state index in [4.69, 9.17) is 0 Å². The highest BCUT2D eigenvalue weighted by Crippen LogP contribution is 2.17. The van der Waals surface area contributed by atoms with Crippen LogP contribution in [0.2, 0.25) is 0 Å². The number of hydrogen-bond acceptors (Lipinski definition) is 4. The van der Waals surface area contributed by atoms with Gasteiger partial charge < -0.3 is 20.2 Å². The van der Waals surface area contributed by atoms with Crippen molar-refractivity contribution >= 4 is 34.4 Å². The smallest absolute Gasteiger partial charge is 0.254 e. The number of nitrogens with one attached hydrogen (secondary N) is 1. The average Bonchev–Trinajstić information content (AvgIpc) is 2.81. The Morgan fingerprint density at radius 1 is 0.946 bits per heavy atom. The second kappa shape index (κ2) is 13.1. The van der Waals surface area contributed by atoms with Crippen LogP contribution in [0.1, 0.15) is 37.4 Å². The van der Waals surface area contributed by atoms with Gasteiger partial charge in [0.25, 0.3) is 11.8 Å². The van der Waals surface area contributed by atoms with Gasteiger partial charge in [-0.05, 0) is 88.7 Å². The molecule has 3 aromatic carbocycles. The summed E-state index contributed by atoms with van der Waals surface area (Å²) < 4.78 is 28.8. The maximum atomic E-state index is 13.8. The van der Waals surface area contributed by atoms with Crippen molar-refractivity contribution < 1.29 is 23.5 Å². The van der Waals surface area contributed by atoms with Crippen molar-refractivity contribution in [3.05, 3.63) is 104 Å². The number of carbonyl (C=O) groups excluding carboxylic acids is 2. The molecule has 9 heteroatoms. The standard InChI is InChI=1S/C28H30F2IN3O3/c1-18-7-21(27(36)33(2)3)12-22(8-18)28(37)34(16-20-9-23(29)13-24(30)10-20)17-26(35)15-32-14-19-5-4-6-25(31)11-19/h4-13,26,32,35H,14-17H2,1-3H3/t26-/m0/s1. The molecule has 0 unspecified atom stereocenters. The minimum absolute atomic E-state index is 0.0822. The summed E-state index contributed by atoms with van der Waals surface area (Å²) in [5, 5.41) is 13.9. The second-order valence-corrected chi connectivity index (χ2v) is 10.4. The number of nitrogens with zero attached hydrogens (tertiary/aromatic N) is 2. The van der Waals surface area contributed by atoms with Crippen LogP contribution in [0.5, 0.6) is 0 Å². The molecule has 0 aromatic heterocycles. The van der Waals surface area contributed by atoms with Gasteiger partial charge in [0.1, 0.15) is 11.6 Å². The number of aryl methyl sites for hydroxylation is 1. The van der Waals surface area contributed by atoms with Crippen molar-refractivity contribution in [1.29, 1.82) is 0 Å². The summed E-state index contributed by atoms with van der Waals surface area (Å²) >= 11 is 2.23. The number of rotatable bonds is 10. The van der Waals surface area contributed by atoms with Crippen LogP contribution in [0.15, 0.2) is 60.7 Å². The quantitative estimate of drug-likeness (QED) is 0.330. The molecular weight excluding hydrogens is 591 g/mol. The molecule has 0 aliphatic heterocycles. The van der Waals surface area contributed by atoms with E-state index in [0.717, 1.165) is 27.3 Å². The summed E-state index contributed by atoms with van der Waals surface area (Å²) in [6, 6.07) is 15.8. The van der Waals surface area contributed by atoms with Crippen molar-refractivity contribution in [2.75, 3.05) is 27.2 Å². The highest BCUT2D eigenvalue weighted by molar-refractivity contribution is 14.1. The summed E-state index contributed by atoms with van der Waals surface area (Å²) in [5.41, 5.74) is 2.63. The zero-order chi connectivity index (χ0) is 27.1. The minimum Gasteiger partial charge on any atom is -0.390 e. The summed E-state index contributed by atoms with van der Waals surface area (Å²) in [5.74, 6) is -2.22. The van der Waals surface area contributed by atoms with Crippen molar-refractivity contribution in [3.8, 4) is 0 Å². The normalized spacial score (nSPS) is 11.8. The van der Waals surface area contributed by atoms with E-state index < -0.39 is 23.6 Å². The molecule has 0 saturated carbocycles. The van der Waals surface area contributed by atoms with Gasteiger partial charge in [-0.3, -0.25) is 9.59 Å². The predicted octanol–water partition coefficient (Wildman–Crippen LogP) is 4.37. The molecule has 196 valence electrons. The molecule has 6 nitrogen and oxygen atoms in total. The third-order valence-corrected chi connectivity index (χ3v) is 6.26. The summed E-state index contributed by atoms with van der Waals surface area (Å²) in [4.78, 5) is 28.8. The van der Waals surface area contributed by atoms with Crippen LogP contribution < -0.4 is 5.32 Å². The SMILES string of the molecule is Cc1cc(C(=O)N(C)C)cc(C(=O)N(Cc2cc(F)cc(F)c2)C[C@@H](O)CNCc2cccc(I)c2)c1. The van der Waals surface area contributed by atoms with Gasteiger partial charge in [0.05, 0.1) is 6.10 Å². The molecule has 3 aromatic rings. The zero-order valence-electron chi connectivity index (χ0n) is 21.0. The molecule has 0 saturated heterocycles. The molecule has 0 aliphatic carbocycles. The maximum Gasteiger partial charge on any atom is 0.254 e. The number of amides is 2. The molecule has 0 spiro atoms. The summed E-state index contributed by atoms with van der Waals surface area (Å²) in [6.45, 7) is 2.31. The van der Waals surface area contributed by atoms with Crippen LogP contribution in [0.3, 0.4) is 0 Å². The molecule has 0 aliphatic rings. The highest BCUT2D eigenvalue weighted by atomic mass is 127. The summed E-state index contributed by atoms with van der Waals surface area (Å²) in [7, 11) is 3.24.